The largest absolute Gasteiger partial charge is 0.346 e. The molecule has 2 aliphatic rings. The average molecular weight is 314 g/mol. The van der Waals surface area contributed by atoms with Gasteiger partial charge in [-0.3, -0.25) is 9.59 Å². The minimum Gasteiger partial charge on any atom is -0.346 e. The Morgan fingerprint density at radius 2 is 1.83 bits per heavy atom. The molecule has 0 aliphatic carbocycles. The van der Waals surface area contributed by atoms with Gasteiger partial charge in [-0.2, -0.15) is 0 Å². The summed E-state index contributed by atoms with van der Waals surface area (Å²) in [5.41, 5.74) is 1.22. The summed E-state index contributed by atoms with van der Waals surface area (Å²) < 4.78 is 0. The van der Waals surface area contributed by atoms with Crippen LogP contribution >= 0.6 is 0 Å². The Labute approximate surface area is 138 Å². The molecule has 1 aromatic carbocycles. The lowest BCUT2D eigenvalue weighted by Crippen LogP contribution is -2.45. The normalized spacial score (nSPS) is 26.0. The summed E-state index contributed by atoms with van der Waals surface area (Å²) in [5, 5.41) is 0. The van der Waals surface area contributed by atoms with Crippen LogP contribution in [0.2, 0.25) is 0 Å². The number of amides is 2. The summed E-state index contributed by atoms with van der Waals surface area (Å²) in [4.78, 5) is 28.9. The SMILES string of the molecule is CN1CC[C@@H](C(=O)N2CCCCC[C@@H]2c2ccccc2)CC1=O. The number of nitrogens with zero attached hydrogens (tertiary/aromatic N) is 2. The Hall–Kier alpha value is -1.84. The molecule has 2 saturated heterocycles. The molecule has 0 radical (unpaired) electrons. The predicted octanol–water partition coefficient (Wildman–Crippen LogP) is 3.00. The van der Waals surface area contributed by atoms with E-state index in [2.05, 4.69) is 17.0 Å². The van der Waals surface area contributed by atoms with Crippen LogP contribution < -0.4 is 0 Å². The van der Waals surface area contributed by atoms with Crippen molar-refractivity contribution in [1.82, 2.24) is 9.80 Å². The molecule has 3 rings (SSSR count). The molecule has 2 amide bonds. The number of likely N-dealkylation sites (tertiary alicyclic amines) is 2. The van der Waals surface area contributed by atoms with Crippen LogP contribution in [0.25, 0.3) is 0 Å². The van der Waals surface area contributed by atoms with Gasteiger partial charge in [0.05, 0.1) is 6.04 Å². The molecule has 124 valence electrons. The van der Waals surface area contributed by atoms with E-state index in [0.717, 1.165) is 32.2 Å². The first-order valence-electron chi connectivity index (χ1n) is 8.76. The summed E-state index contributed by atoms with van der Waals surface area (Å²) in [5.74, 6) is 0.144. The van der Waals surface area contributed by atoms with Crippen molar-refractivity contribution in [3.63, 3.8) is 0 Å². The first-order chi connectivity index (χ1) is 11.2. The molecule has 2 fully saturated rings. The van der Waals surface area contributed by atoms with Crippen LogP contribution in [0, 0.1) is 5.92 Å². The van der Waals surface area contributed by atoms with Crippen LogP contribution in [-0.2, 0) is 9.59 Å². The molecule has 23 heavy (non-hydrogen) atoms. The highest BCUT2D eigenvalue weighted by Gasteiger charge is 2.35. The van der Waals surface area contributed by atoms with Crippen molar-refractivity contribution in [2.75, 3.05) is 20.1 Å². The molecule has 2 heterocycles. The van der Waals surface area contributed by atoms with Gasteiger partial charge in [0, 0.05) is 32.5 Å². The Morgan fingerprint density at radius 3 is 2.57 bits per heavy atom. The number of carbonyl (C=O) groups is 2. The third-order valence-corrected chi connectivity index (χ3v) is 5.23. The molecule has 0 unspecified atom stereocenters. The van der Waals surface area contributed by atoms with E-state index >= 15 is 0 Å². The summed E-state index contributed by atoms with van der Waals surface area (Å²) >= 11 is 0. The lowest BCUT2D eigenvalue weighted by Gasteiger charge is -2.36. The van der Waals surface area contributed by atoms with Gasteiger partial charge in [-0.05, 0) is 24.8 Å². The fourth-order valence-electron chi connectivity index (χ4n) is 3.78. The van der Waals surface area contributed by atoms with Crippen LogP contribution in [0.1, 0.15) is 50.1 Å². The van der Waals surface area contributed by atoms with Crippen molar-refractivity contribution in [3.8, 4) is 0 Å². The third-order valence-electron chi connectivity index (χ3n) is 5.23. The predicted molar refractivity (Wildman–Crippen MR) is 89.7 cm³/mol. The first kappa shape index (κ1) is 16.0. The lowest BCUT2D eigenvalue weighted by molar-refractivity contribution is -0.146. The quantitative estimate of drug-likeness (QED) is 0.842. The summed E-state index contributed by atoms with van der Waals surface area (Å²) in [7, 11) is 1.82. The van der Waals surface area contributed by atoms with E-state index in [4.69, 9.17) is 0 Å². The Balaban J connectivity index is 1.79. The molecule has 0 spiro atoms. The van der Waals surface area contributed by atoms with E-state index in [9.17, 15) is 9.59 Å². The second kappa shape index (κ2) is 7.16. The number of hydrogen-bond donors (Lipinski definition) is 0. The average Bonchev–Trinajstić information content (AvgIpc) is 2.83. The highest BCUT2D eigenvalue weighted by molar-refractivity contribution is 5.87. The van der Waals surface area contributed by atoms with Crippen molar-refractivity contribution < 1.29 is 9.59 Å². The maximum absolute atomic E-state index is 13.1. The minimum atomic E-state index is -0.136. The second-order valence-corrected chi connectivity index (χ2v) is 6.81. The lowest BCUT2D eigenvalue weighted by atomic mass is 9.93. The van der Waals surface area contributed by atoms with Gasteiger partial charge in [0.15, 0.2) is 0 Å². The molecule has 0 bridgehead atoms. The Bertz CT molecular complexity index is 558. The van der Waals surface area contributed by atoms with E-state index in [1.165, 1.54) is 12.0 Å². The number of piperidine rings is 1. The minimum absolute atomic E-state index is 0.0979. The van der Waals surface area contributed by atoms with Crippen molar-refractivity contribution in [1.29, 1.82) is 0 Å². The number of hydrogen-bond acceptors (Lipinski definition) is 2. The van der Waals surface area contributed by atoms with Crippen LogP contribution in [-0.4, -0.2) is 41.8 Å². The van der Waals surface area contributed by atoms with E-state index in [1.54, 1.807) is 4.90 Å². The number of benzene rings is 1. The number of carbonyl (C=O) groups excluding carboxylic acids is 2. The molecule has 0 aromatic heterocycles. The topological polar surface area (TPSA) is 40.6 Å². The van der Waals surface area contributed by atoms with Crippen molar-refractivity contribution in [3.05, 3.63) is 35.9 Å². The summed E-state index contributed by atoms with van der Waals surface area (Å²) in [6.07, 6.45) is 5.59. The zero-order valence-electron chi connectivity index (χ0n) is 13.9. The molecule has 4 nitrogen and oxygen atoms in total. The third kappa shape index (κ3) is 3.57. The maximum Gasteiger partial charge on any atom is 0.226 e. The monoisotopic (exact) mass is 314 g/mol. The summed E-state index contributed by atoms with van der Waals surface area (Å²) in [6, 6.07) is 10.5. The molecule has 4 heteroatoms. The first-order valence-corrected chi connectivity index (χ1v) is 8.76. The van der Waals surface area contributed by atoms with E-state index < -0.39 is 0 Å². The van der Waals surface area contributed by atoms with Crippen molar-refractivity contribution in [2.45, 2.75) is 44.6 Å². The standard InChI is InChI=1S/C19H26N2O2/c1-20-13-11-16(14-18(20)22)19(23)21-12-7-3-6-10-17(21)15-8-4-2-5-9-15/h2,4-5,8-9,16-17H,3,6-7,10-14H2,1H3/t16-,17-/m1/s1. The molecular formula is C19H26N2O2. The van der Waals surface area contributed by atoms with Gasteiger partial charge >= 0.3 is 0 Å². The summed E-state index contributed by atoms with van der Waals surface area (Å²) in [6.45, 7) is 1.51. The van der Waals surface area contributed by atoms with E-state index in [0.29, 0.717) is 13.0 Å². The van der Waals surface area contributed by atoms with Crippen LogP contribution in [0.3, 0.4) is 0 Å². The van der Waals surface area contributed by atoms with Gasteiger partial charge in [0.2, 0.25) is 11.8 Å². The maximum atomic E-state index is 13.1. The fraction of sp³-hybridized carbons (Fsp3) is 0.579. The molecular weight excluding hydrogens is 288 g/mol. The zero-order chi connectivity index (χ0) is 16.2. The van der Waals surface area contributed by atoms with Gasteiger partial charge in [-0.15, -0.1) is 0 Å². The van der Waals surface area contributed by atoms with E-state index in [-0.39, 0.29) is 23.8 Å². The van der Waals surface area contributed by atoms with E-state index in [1.807, 2.05) is 25.2 Å². The molecule has 0 N–H and O–H groups in total. The molecule has 2 aliphatic heterocycles. The van der Waals surface area contributed by atoms with Crippen LogP contribution in [0.4, 0.5) is 0 Å². The fourth-order valence-corrected chi connectivity index (χ4v) is 3.78. The van der Waals surface area contributed by atoms with Crippen molar-refractivity contribution >= 4 is 11.8 Å². The zero-order valence-corrected chi connectivity index (χ0v) is 13.9. The Morgan fingerprint density at radius 1 is 1.04 bits per heavy atom. The van der Waals surface area contributed by atoms with Crippen molar-refractivity contribution in [2.24, 2.45) is 5.92 Å². The van der Waals surface area contributed by atoms with Crippen LogP contribution in [0.5, 0.6) is 0 Å². The van der Waals surface area contributed by atoms with Gasteiger partial charge < -0.3 is 9.80 Å². The van der Waals surface area contributed by atoms with Gasteiger partial charge in [-0.1, -0.05) is 43.2 Å². The molecule has 0 saturated carbocycles. The smallest absolute Gasteiger partial charge is 0.226 e. The Kier molecular flexibility index (Phi) is 4.99. The highest BCUT2D eigenvalue weighted by atomic mass is 16.2. The highest BCUT2D eigenvalue weighted by Crippen LogP contribution is 2.33. The van der Waals surface area contributed by atoms with Gasteiger partial charge in [-0.25, -0.2) is 0 Å². The second-order valence-electron chi connectivity index (χ2n) is 6.81. The molecule has 2 atom stereocenters. The number of rotatable bonds is 2. The van der Waals surface area contributed by atoms with Gasteiger partial charge in [0.1, 0.15) is 0 Å². The van der Waals surface area contributed by atoms with Gasteiger partial charge in [0.25, 0.3) is 0 Å². The molecule has 1 aromatic rings. The van der Waals surface area contributed by atoms with Crippen LogP contribution in [0.15, 0.2) is 30.3 Å².